The quantitative estimate of drug-likeness (QED) is 0.245. The molecule has 2 nitrogen and oxygen atoms in total. The van der Waals surface area contributed by atoms with Crippen molar-refractivity contribution in [1.82, 2.24) is 5.09 Å². The molecule has 0 heterocycles. The molecule has 3 atom stereocenters. The molecule has 2 fully saturated rings. The van der Waals surface area contributed by atoms with Gasteiger partial charge in [0.05, 0.1) is 0 Å². The first-order valence-corrected chi connectivity index (χ1v) is 15.5. The second kappa shape index (κ2) is 10.7. The summed E-state index contributed by atoms with van der Waals surface area (Å²) in [5.41, 5.74) is 2.40. The third-order valence-electron chi connectivity index (χ3n) is 8.26. The van der Waals surface area contributed by atoms with Crippen molar-refractivity contribution in [2.75, 3.05) is 0 Å². The highest BCUT2D eigenvalue weighted by Crippen LogP contribution is 2.63. The summed E-state index contributed by atoms with van der Waals surface area (Å²) in [7, 11) is -3.02. The van der Waals surface area contributed by atoms with Crippen molar-refractivity contribution < 1.29 is 4.57 Å². The summed E-state index contributed by atoms with van der Waals surface area (Å²) in [5, 5.41) is 6.42. The molecule has 0 unspecified atom stereocenters. The third-order valence-corrected chi connectivity index (χ3v) is 11.2. The van der Waals surface area contributed by atoms with Crippen LogP contribution in [0, 0.1) is 17.3 Å². The van der Waals surface area contributed by atoms with Crippen LogP contribution in [0.3, 0.4) is 0 Å². The normalized spacial score (nSPS) is 21.1. The maximum atomic E-state index is 15.0. The number of halogens is 1. The molecular weight excluding hydrogens is 481 g/mol. The van der Waals surface area contributed by atoms with Crippen LogP contribution in [0.2, 0.25) is 5.02 Å². The Kier molecular flexibility index (Phi) is 7.59. The van der Waals surface area contributed by atoms with E-state index in [1.807, 2.05) is 72.8 Å². The zero-order valence-corrected chi connectivity index (χ0v) is 22.9. The number of hydrogen-bond donors (Lipinski definition) is 1. The summed E-state index contributed by atoms with van der Waals surface area (Å²) in [6, 6.07) is 28.3. The molecule has 3 aromatic carbocycles. The molecule has 0 aromatic heterocycles. The molecule has 3 aromatic rings. The van der Waals surface area contributed by atoms with Crippen LogP contribution < -0.4 is 15.7 Å². The molecule has 0 bridgehead atoms. The van der Waals surface area contributed by atoms with Gasteiger partial charge in [-0.15, -0.1) is 0 Å². The van der Waals surface area contributed by atoms with Gasteiger partial charge in [-0.25, -0.2) is 0 Å². The Labute approximate surface area is 221 Å². The lowest BCUT2D eigenvalue weighted by Crippen LogP contribution is -2.43. The minimum Gasteiger partial charge on any atom is -0.297 e. The monoisotopic (exact) mass is 517 g/mol. The first-order valence-electron chi connectivity index (χ1n) is 13.4. The number of nitrogens with one attached hydrogen (secondary N) is 1. The van der Waals surface area contributed by atoms with Gasteiger partial charge in [0.25, 0.3) is 0 Å². The fraction of sp³-hybridized carbons (Fsp3) is 0.375. The van der Waals surface area contributed by atoms with Crippen molar-refractivity contribution in [1.29, 1.82) is 0 Å². The average molecular weight is 518 g/mol. The van der Waals surface area contributed by atoms with Crippen LogP contribution in [0.25, 0.3) is 5.57 Å². The Balaban J connectivity index is 1.48. The first-order chi connectivity index (χ1) is 17.4. The lowest BCUT2D eigenvalue weighted by Gasteiger charge is -2.34. The number of benzene rings is 3. The Morgan fingerprint density at radius 1 is 1.00 bits per heavy atom. The van der Waals surface area contributed by atoms with Gasteiger partial charge >= 0.3 is 0 Å². The Hall–Kier alpha value is -2.12. The molecule has 36 heavy (non-hydrogen) atoms. The topological polar surface area (TPSA) is 29.1 Å². The lowest BCUT2D eigenvalue weighted by molar-refractivity contribution is 0.327. The number of hydrogen-bond acceptors (Lipinski definition) is 1. The van der Waals surface area contributed by atoms with Crippen LogP contribution in [0.1, 0.15) is 57.4 Å². The molecule has 0 spiro atoms. The SMILES string of the molecule is C=C(CC1([C@@H](NP(=O)(c2ccccc2)c2ccccc2)[C@H]2C[C@@H]2CCCC)CC1)c1ccc(Cl)cc1. The zero-order valence-electron chi connectivity index (χ0n) is 21.2. The summed E-state index contributed by atoms with van der Waals surface area (Å²) in [6.07, 6.45) is 8.23. The minimum atomic E-state index is -3.02. The Morgan fingerprint density at radius 2 is 1.58 bits per heavy atom. The fourth-order valence-corrected chi connectivity index (χ4v) is 8.67. The van der Waals surface area contributed by atoms with Crippen molar-refractivity contribution in [3.05, 3.63) is 102 Å². The van der Waals surface area contributed by atoms with Crippen molar-refractivity contribution in [3.8, 4) is 0 Å². The number of rotatable bonds is 12. The van der Waals surface area contributed by atoms with Crippen LogP contribution in [0.15, 0.2) is 91.5 Å². The molecule has 188 valence electrons. The van der Waals surface area contributed by atoms with E-state index in [2.05, 4.69) is 30.7 Å². The van der Waals surface area contributed by atoms with E-state index in [4.69, 9.17) is 11.6 Å². The number of allylic oxidation sites excluding steroid dienone is 1. The van der Waals surface area contributed by atoms with Gasteiger partial charge in [0.1, 0.15) is 0 Å². The van der Waals surface area contributed by atoms with E-state index in [1.165, 1.54) is 25.7 Å². The standard InChI is InChI=1S/C32H37ClNOP/c1-3-4-11-26-22-30(26)31(32(20-21-32)23-24(2)25-16-18-27(33)19-17-25)34-36(35,28-12-7-5-8-13-28)29-14-9-6-10-15-29/h5-10,12-19,26,30-31H,2-4,11,20-23H2,1H3,(H,34,35)/t26-,30-,31-/m0/s1. The Morgan fingerprint density at radius 3 is 2.11 bits per heavy atom. The van der Waals surface area contributed by atoms with E-state index in [1.54, 1.807) is 0 Å². The van der Waals surface area contributed by atoms with Crippen molar-refractivity contribution in [3.63, 3.8) is 0 Å². The van der Waals surface area contributed by atoms with E-state index in [9.17, 15) is 4.57 Å². The Bertz CT molecular complexity index is 1180. The smallest absolute Gasteiger partial charge is 0.204 e. The fourth-order valence-electron chi connectivity index (χ4n) is 5.91. The van der Waals surface area contributed by atoms with Gasteiger partial charge in [-0.05, 0) is 90.5 Å². The van der Waals surface area contributed by atoms with Crippen LogP contribution in [0.5, 0.6) is 0 Å². The van der Waals surface area contributed by atoms with E-state index in [0.717, 1.165) is 51.9 Å². The van der Waals surface area contributed by atoms with Crippen molar-refractivity contribution in [2.24, 2.45) is 17.3 Å². The van der Waals surface area contributed by atoms with Gasteiger partial charge in [-0.3, -0.25) is 9.65 Å². The third kappa shape index (κ3) is 5.42. The van der Waals surface area contributed by atoms with Crippen LogP contribution in [-0.4, -0.2) is 6.04 Å². The summed E-state index contributed by atoms with van der Waals surface area (Å²) in [4.78, 5) is 0. The molecule has 4 heteroatoms. The second-order valence-corrected chi connectivity index (χ2v) is 13.8. The first kappa shape index (κ1) is 25.5. The molecule has 5 rings (SSSR count). The molecule has 0 amide bonds. The summed E-state index contributed by atoms with van der Waals surface area (Å²) < 4.78 is 15.0. The molecule has 2 aliphatic carbocycles. The highest BCUT2D eigenvalue weighted by Gasteiger charge is 2.58. The van der Waals surface area contributed by atoms with Gasteiger partial charge < -0.3 is 0 Å². The van der Waals surface area contributed by atoms with Crippen LogP contribution in [-0.2, 0) is 4.57 Å². The van der Waals surface area contributed by atoms with Gasteiger partial charge in [0.2, 0.25) is 7.29 Å². The molecule has 0 saturated heterocycles. The van der Waals surface area contributed by atoms with Crippen molar-refractivity contribution >= 4 is 35.1 Å². The number of unbranched alkanes of at least 4 members (excludes halogenated alkanes) is 1. The van der Waals surface area contributed by atoms with Gasteiger partial charge in [-0.2, -0.15) is 0 Å². The molecule has 1 N–H and O–H groups in total. The second-order valence-electron chi connectivity index (χ2n) is 10.8. The molecule has 0 aliphatic heterocycles. The van der Waals surface area contributed by atoms with E-state index >= 15 is 0 Å². The maximum absolute atomic E-state index is 15.0. The average Bonchev–Trinajstić information content (AvgIpc) is 3.84. The van der Waals surface area contributed by atoms with E-state index < -0.39 is 7.29 Å². The summed E-state index contributed by atoms with van der Waals surface area (Å²) >= 11 is 6.14. The molecule has 0 radical (unpaired) electrons. The van der Waals surface area contributed by atoms with Gasteiger partial charge in [0.15, 0.2) is 0 Å². The van der Waals surface area contributed by atoms with Gasteiger partial charge in [0, 0.05) is 21.7 Å². The highest BCUT2D eigenvalue weighted by molar-refractivity contribution is 7.76. The molecular formula is C32H37ClNOP. The molecule has 2 saturated carbocycles. The zero-order chi connectivity index (χ0) is 25.2. The lowest BCUT2D eigenvalue weighted by atomic mass is 9.84. The highest BCUT2D eigenvalue weighted by atomic mass is 35.5. The maximum Gasteiger partial charge on any atom is 0.204 e. The van der Waals surface area contributed by atoms with E-state index in [0.29, 0.717) is 5.92 Å². The van der Waals surface area contributed by atoms with Gasteiger partial charge in [-0.1, -0.05) is 92.9 Å². The predicted octanol–water partition coefficient (Wildman–Crippen LogP) is 8.24. The summed E-state index contributed by atoms with van der Waals surface area (Å²) in [5.74, 6) is 1.29. The summed E-state index contributed by atoms with van der Waals surface area (Å²) in [6.45, 7) is 6.75. The van der Waals surface area contributed by atoms with Crippen molar-refractivity contribution in [2.45, 2.75) is 57.9 Å². The molecule has 2 aliphatic rings. The van der Waals surface area contributed by atoms with Crippen LogP contribution in [0.4, 0.5) is 0 Å². The minimum absolute atomic E-state index is 0.0988. The van der Waals surface area contributed by atoms with Crippen LogP contribution >= 0.6 is 18.9 Å². The predicted molar refractivity (Wildman–Crippen MR) is 155 cm³/mol. The van der Waals surface area contributed by atoms with E-state index in [-0.39, 0.29) is 11.5 Å². The largest absolute Gasteiger partial charge is 0.297 e.